The summed E-state index contributed by atoms with van der Waals surface area (Å²) in [7, 11) is 0. The predicted octanol–water partition coefficient (Wildman–Crippen LogP) is 3.23. The van der Waals surface area contributed by atoms with Gasteiger partial charge in [-0.25, -0.2) is 0 Å². The molecule has 0 saturated heterocycles. The van der Waals surface area contributed by atoms with Crippen molar-refractivity contribution in [2.45, 2.75) is 34.1 Å². The second kappa shape index (κ2) is 5.06. The molecule has 3 unspecified atom stereocenters. The normalized spacial score (nSPS) is 20.1. The summed E-state index contributed by atoms with van der Waals surface area (Å²) in [4.78, 5) is 0. The maximum Gasteiger partial charge on any atom is -0.00695 e. The van der Waals surface area contributed by atoms with Gasteiger partial charge >= 0.3 is 0 Å². The summed E-state index contributed by atoms with van der Waals surface area (Å²) >= 11 is 4.29. The van der Waals surface area contributed by atoms with Crippen LogP contribution in [0.15, 0.2) is 0 Å². The van der Waals surface area contributed by atoms with Gasteiger partial charge in [-0.15, -0.1) is 0 Å². The molecule has 10 heavy (non-hydrogen) atoms. The quantitative estimate of drug-likeness (QED) is 0.600. The lowest BCUT2D eigenvalue weighted by molar-refractivity contribution is 0.294. The monoisotopic (exact) mass is 160 g/mol. The Morgan fingerprint density at radius 2 is 1.60 bits per heavy atom. The summed E-state index contributed by atoms with van der Waals surface area (Å²) in [5.74, 6) is 3.45. The largest absolute Gasteiger partial charge is 0.179 e. The summed E-state index contributed by atoms with van der Waals surface area (Å²) in [5.41, 5.74) is 0. The van der Waals surface area contributed by atoms with Gasteiger partial charge in [-0.3, -0.25) is 0 Å². The molecule has 0 N–H and O–H groups in total. The summed E-state index contributed by atoms with van der Waals surface area (Å²) in [5, 5.41) is 0. The first kappa shape index (κ1) is 10.3. The van der Waals surface area contributed by atoms with E-state index in [9.17, 15) is 0 Å². The van der Waals surface area contributed by atoms with Gasteiger partial charge in [0.25, 0.3) is 0 Å². The van der Waals surface area contributed by atoms with Gasteiger partial charge in [0.1, 0.15) is 0 Å². The maximum atomic E-state index is 4.29. The van der Waals surface area contributed by atoms with Crippen molar-refractivity contribution in [3.63, 3.8) is 0 Å². The Hall–Kier alpha value is 0.350. The fourth-order valence-electron chi connectivity index (χ4n) is 1.10. The molecule has 0 aromatic carbocycles. The van der Waals surface area contributed by atoms with E-state index in [1.54, 1.807) is 0 Å². The first-order valence-corrected chi connectivity index (χ1v) is 4.87. The van der Waals surface area contributed by atoms with Gasteiger partial charge in [-0.2, -0.15) is 12.6 Å². The second-order valence-corrected chi connectivity index (χ2v) is 3.77. The Morgan fingerprint density at radius 1 is 1.10 bits per heavy atom. The van der Waals surface area contributed by atoms with Gasteiger partial charge in [0.05, 0.1) is 0 Å². The van der Waals surface area contributed by atoms with Crippen molar-refractivity contribution < 1.29 is 0 Å². The SMILES string of the molecule is CCC(C)C(C)C(C)CS. The minimum Gasteiger partial charge on any atom is -0.179 e. The van der Waals surface area contributed by atoms with Crippen molar-refractivity contribution in [3.8, 4) is 0 Å². The zero-order valence-corrected chi connectivity index (χ0v) is 8.49. The van der Waals surface area contributed by atoms with Crippen LogP contribution in [0.25, 0.3) is 0 Å². The summed E-state index contributed by atoms with van der Waals surface area (Å²) in [6.45, 7) is 9.19. The van der Waals surface area contributed by atoms with Crippen molar-refractivity contribution in [1.82, 2.24) is 0 Å². The van der Waals surface area contributed by atoms with E-state index in [-0.39, 0.29) is 0 Å². The van der Waals surface area contributed by atoms with Crippen LogP contribution in [-0.4, -0.2) is 5.75 Å². The Bertz CT molecular complexity index is 70.8. The first-order valence-electron chi connectivity index (χ1n) is 4.24. The van der Waals surface area contributed by atoms with Gasteiger partial charge in [-0.05, 0) is 23.5 Å². The van der Waals surface area contributed by atoms with Gasteiger partial charge in [0.15, 0.2) is 0 Å². The van der Waals surface area contributed by atoms with Crippen LogP contribution < -0.4 is 0 Å². The smallest absolute Gasteiger partial charge is 0.00695 e. The minimum absolute atomic E-state index is 0.762. The van der Waals surface area contributed by atoms with Crippen LogP contribution in [0, 0.1) is 17.8 Å². The van der Waals surface area contributed by atoms with Gasteiger partial charge < -0.3 is 0 Å². The van der Waals surface area contributed by atoms with Crippen LogP contribution in [0.2, 0.25) is 0 Å². The van der Waals surface area contributed by atoms with E-state index in [2.05, 4.69) is 40.3 Å². The van der Waals surface area contributed by atoms with Crippen LogP contribution in [-0.2, 0) is 0 Å². The zero-order chi connectivity index (χ0) is 8.15. The molecular weight excluding hydrogens is 140 g/mol. The van der Waals surface area contributed by atoms with Crippen LogP contribution in [0.3, 0.4) is 0 Å². The Balaban J connectivity index is 3.69. The summed E-state index contributed by atoms with van der Waals surface area (Å²) in [6.07, 6.45) is 1.29. The van der Waals surface area contributed by atoms with E-state index in [1.807, 2.05) is 0 Å². The average molecular weight is 160 g/mol. The van der Waals surface area contributed by atoms with Crippen molar-refractivity contribution in [3.05, 3.63) is 0 Å². The van der Waals surface area contributed by atoms with Crippen LogP contribution in [0.1, 0.15) is 34.1 Å². The summed E-state index contributed by atoms with van der Waals surface area (Å²) < 4.78 is 0. The third kappa shape index (κ3) is 2.96. The lowest BCUT2D eigenvalue weighted by atomic mass is 9.85. The molecule has 0 aromatic rings. The van der Waals surface area contributed by atoms with Crippen LogP contribution >= 0.6 is 12.6 Å². The first-order chi connectivity index (χ1) is 4.63. The number of hydrogen-bond donors (Lipinski definition) is 1. The van der Waals surface area contributed by atoms with Crippen LogP contribution in [0.5, 0.6) is 0 Å². The van der Waals surface area contributed by atoms with Gasteiger partial charge in [-0.1, -0.05) is 34.1 Å². The molecule has 1 heteroatoms. The molecule has 0 nitrogen and oxygen atoms in total. The Kier molecular flexibility index (Phi) is 5.24. The van der Waals surface area contributed by atoms with Crippen molar-refractivity contribution in [2.75, 3.05) is 5.75 Å². The molecule has 0 spiro atoms. The van der Waals surface area contributed by atoms with E-state index < -0.39 is 0 Å². The van der Waals surface area contributed by atoms with E-state index in [0.717, 1.165) is 23.5 Å². The highest BCUT2D eigenvalue weighted by atomic mass is 32.1. The molecule has 0 saturated carbocycles. The average Bonchev–Trinajstić information content (AvgIpc) is 2.00. The maximum absolute atomic E-state index is 4.29. The predicted molar refractivity (Wildman–Crippen MR) is 51.6 cm³/mol. The minimum atomic E-state index is 0.762. The molecule has 0 aliphatic rings. The molecule has 0 aromatic heterocycles. The molecule has 0 amide bonds. The topological polar surface area (TPSA) is 0 Å². The number of hydrogen-bond acceptors (Lipinski definition) is 1. The highest BCUT2D eigenvalue weighted by Crippen LogP contribution is 2.23. The molecule has 0 aliphatic heterocycles. The third-order valence-corrected chi connectivity index (χ3v) is 3.30. The number of thiol groups is 1. The van der Waals surface area contributed by atoms with E-state index in [4.69, 9.17) is 0 Å². The highest BCUT2D eigenvalue weighted by Gasteiger charge is 2.15. The Labute approximate surface area is 70.8 Å². The molecule has 0 radical (unpaired) electrons. The fourth-order valence-corrected chi connectivity index (χ4v) is 1.43. The van der Waals surface area contributed by atoms with E-state index in [1.165, 1.54) is 6.42 Å². The molecule has 3 atom stereocenters. The van der Waals surface area contributed by atoms with Gasteiger partial charge in [0, 0.05) is 0 Å². The molecule has 62 valence electrons. The Morgan fingerprint density at radius 3 is 1.90 bits per heavy atom. The fraction of sp³-hybridized carbons (Fsp3) is 1.00. The third-order valence-electron chi connectivity index (χ3n) is 2.73. The molecule has 0 rings (SSSR count). The second-order valence-electron chi connectivity index (χ2n) is 3.40. The lowest BCUT2D eigenvalue weighted by Gasteiger charge is -2.23. The lowest BCUT2D eigenvalue weighted by Crippen LogP contribution is -2.16. The van der Waals surface area contributed by atoms with Crippen molar-refractivity contribution >= 4 is 12.6 Å². The van der Waals surface area contributed by atoms with Gasteiger partial charge in [0.2, 0.25) is 0 Å². The molecule has 0 aliphatic carbocycles. The standard InChI is InChI=1S/C9H20S/c1-5-7(2)9(4)8(3)6-10/h7-10H,5-6H2,1-4H3. The highest BCUT2D eigenvalue weighted by molar-refractivity contribution is 7.80. The molecule has 0 bridgehead atoms. The summed E-state index contributed by atoms with van der Waals surface area (Å²) in [6, 6.07) is 0. The van der Waals surface area contributed by atoms with Crippen molar-refractivity contribution in [2.24, 2.45) is 17.8 Å². The van der Waals surface area contributed by atoms with Crippen molar-refractivity contribution in [1.29, 1.82) is 0 Å². The van der Waals surface area contributed by atoms with E-state index in [0.29, 0.717) is 0 Å². The molecule has 0 heterocycles. The zero-order valence-electron chi connectivity index (χ0n) is 7.59. The van der Waals surface area contributed by atoms with E-state index >= 15 is 0 Å². The molecular formula is C9H20S. The number of rotatable bonds is 4. The van der Waals surface area contributed by atoms with Crippen LogP contribution in [0.4, 0.5) is 0 Å². The molecule has 0 fully saturated rings.